The van der Waals surface area contributed by atoms with Crippen molar-refractivity contribution in [1.82, 2.24) is 9.88 Å². The first kappa shape index (κ1) is 16.5. The Kier molecular flexibility index (Phi) is 4.48. The Labute approximate surface area is 155 Å². The summed E-state index contributed by atoms with van der Waals surface area (Å²) in [7, 11) is 0. The molecule has 1 aliphatic rings. The van der Waals surface area contributed by atoms with Crippen molar-refractivity contribution in [2.45, 2.75) is 32.1 Å². The van der Waals surface area contributed by atoms with Gasteiger partial charge in [0.05, 0.1) is 11.6 Å². The molecule has 0 aromatic carbocycles. The molecule has 0 saturated carbocycles. The molecule has 0 saturated heterocycles. The molecule has 0 aliphatic carbocycles. The normalized spacial score (nSPS) is 15.0. The second kappa shape index (κ2) is 6.77. The van der Waals surface area contributed by atoms with Gasteiger partial charge in [0, 0.05) is 23.0 Å². The minimum absolute atomic E-state index is 0.0188. The molecular formula is C19H20N2O2S2. The van der Waals surface area contributed by atoms with E-state index in [1.807, 2.05) is 66.8 Å². The van der Waals surface area contributed by atoms with Crippen LogP contribution < -0.4 is 5.32 Å². The summed E-state index contributed by atoms with van der Waals surface area (Å²) in [4.78, 5) is 14.4. The van der Waals surface area contributed by atoms with E-state index in [0.29, 0.717) is 0 Å². The maximum Gasteiger partial charge on any atom is 0.255 e. The van der Waals surface area contributed by atoms with E-state index in [1.165, 1.54) is 10.4 Å². The largest absolute Gasteiger partial charge is 0.464 e. The van der Waals surface area contributed by atoms with Crippen molar-refractivity contribution in [3.8, 4) is 5.00 Å². The second-order valence-electron chi connectivity index (χ2n) is 6.22. The van der Waals surface area contributed by atoms with E-state index in [0.717, 1.165) is 40.0 Å². The van der Waals surface area contributed by atoms with Crippen LogP contribution in [0.1, 0.15) is 45.3 Å². The fourth-order valence-electron chi connectivity index (χ4n) is 3.13. The number of amides is 1. The first-order chi connectivity index (χ1) is 12.1. The maximum absolute atomic E-state index is 13.1. The highest BCUT2D eigenvalue weighted by Crippen LogP contribution is 2.38. The van der Waals surface area contributed by atoms with Crippen LogP contribution in [-0.2, 0) is 12.2 Å². The standard InChI is InChI=1S/C19H20N2O2S2/c1-12-5-6-15(23-12)13(2)20-18(22)17-14-7-10-24-11-16(14)25-19(17)21-8-3-4-9-21/h3-6,8-9,13H,7,10-11H2,1-2H3,(H,20,22). The van der Waals surface area contributed by atoms with Crippen molar-refractivity contribution in [3.63, 3.8) is 0 Å². The quantitative estimate of drug-likeness (QED) is 0.721. The zero-order valence-electron chi connectivity index (χ0n) is 14.2. The van der Waals surface area contributed by atoms with E-state index >= 15 is 0 Å². The molecule has 0 bridgehead atoms. The number of fused-ring (bicyclic) bond motifs is 1. The molecule has 25 heavy (non-hydrogen) atoms. The Balaban J connectivity index is 1.68. The summed E-state index contributed by atoms with van der Waals surface area (Å²) >= 11 is 3.67. The summed E-state index contributed by atoms with van der Waals surface area (Å²) in [6.07, 6.45) is 4.95. The van der Waals surface area contributed by atoms with Gasteiger partial charge in [-0.2, -0.15) is 11.8 Å². The maximum atomic E-state index is 13.1. The van der Waals surface area contributed by atoms with Crippen molar-refractivity contribution in [2.75, 3.05) is 5.75 Å². The molecule has 1 unspecified atom stereocenters. The average Bonchev–Trinajstić information content (AvgIpc) is 3.33. The minimum atomic E-state index is -0.160. The number of thioether (sulfide) groups is 1. The Morgan fingerprint density at radius 3 is 2.84 bits per heavy atom. The van der Waals surface area contributed by atoms with E-state index in [2.05, 4.69) is 5.32 Å². The topological polar surface area (TPSA) is 47.2 Å². The predicted octanol–water partition coefficient (Wildman–Crippen LogP) is 4.72. The number of aromatic nitrogens is 1. The van der Waals surface area contributed by atoms with E-state index in [9.17, 15) is 4.79 Å². The lowest BCUT2D eigenvalue weighted by Gasteiger charge is -2.15. The van der Waals surface area contributed by atoms with Crippen LogP contribution in [-0.4, -0.2) is 16.2 Å². The molecule has 3 aromatic rings. The van der Waals surface area contributed by atoms with Crippen LogP contribution in [0.4, 0.5) is 0 Å². The molecule has 130 valence electrons. The number of aryl methyl sites for hydroxylation is 1. The molecule has 1 atom stereocenters. The number of furan rings is 1. The van der Waals surface area contributed by atoms with E-state index in [4.69, 9.17) is 4.42 Å². The van der Waals surface area contributed by atoms with Gasteiger partial charge in [0.1, 0.15) is 16.5 Å². The molecule has 1 N–H and O–H groups in total. The lowest BCUT2D eigenvalue weighted by molar-refractivity contribution is 0.0934. The number of carbonyl (C=O) groups excluding carboxylic acids is 1. The third kappa shape index (κ3) is 3.16. The Hall–Kier alpha value is -1.92. The molecule has 0 radical (unpaired) electrons. The molecular weight excluding hydrogens is 352 g/mol. The Morgan fingerprint density at radius 2 is 2.12 bits per heavy atom. The lowest BCUT2D eigenvalue weighted by atomic mass is 10.1. The highest BCUT2D eigenvalue weighted by molar-refractivity contribution is 7.98. The molecule has 0 spiro atoms. The van der Waals surface area contributed by atoms with E-state index in [1.54, 1.807) is 11.3 Å². The first-order valence-corrected chi connectivity index (χ1v) is 10.3. The van der Waals surface area contributed by atoms with E-state index in [-0.39, 0.29) is 11.9 Å². The summed E-state index contributed by atoms with van der Waals surface area (Å²) in [6, 6.07) is 7.67. The number of rotatable bonds is 4. The van der Waals surface area contributed by atoms with Gasteiger partial charge in [-0.25, -0.2) is 0 Å². The van der Waals surface area contributed by atoms with Gasteiger partial charge in [0.2, 0.25) is 0 Å². The first-order valence-electron chi connectivity index (χ1n) is 8.36. The zero-order valence-corrected chi connectivity index (χ0v) is 15.9. The average molecular weight is 373 g/mol. The molecule has 1 amide bonds. The number of nitrogens with zero attached hydrogens (tertiary/aromatic N) is 1. The molecule has 4 rings (SSSR count). The predicted molar refractivity (Wildman–Crippen MR) is 103 cm³/mol. The van der Waals surface area contributed by atoms with Crippen LogP contribution in [0.3, 0.4) is 0 Å². The van der Waals surface area contributed by atoms with Crippen molar-refractivity contribution < 1.29 is 9.21 Å². The molecule has 4 heterocycles. The number of nitrogens with one attached hydrogen (secondary N) is 1. The zero-order chi connectivity index (χ0) is 17.4. The summed E-state index contributed by atoms with van der Waals surface area (Å²) in [5.74, 6) is 3.69. The Morgan fingerprint density at radius 1 is 1.32 bits per heavy atom. The third-order valence-corrected chi connectivity index (χ3v) is 6.82. The van der Waals surface area contributed by atoms with Gasteiger partial charge in [-0.15, -0.1) is 11.3 Å². The van der Waals surface area contributed by atoms with Crippen LogP contribution in [0.2, 0.25) is 0 Å². The van der Waals surface area contributed by atoms with Crippen LogP contribution in [0.15, 0.2) is 41.1 Å². The van der Waals surface area contributed by atoms with Crippen LogP contribution in [0, 0.1) is 6.92 Å². The molecule has 4 nitrogen and oxygen atoms in total. The molecule has 1 aliphatic heterocycles. The SMILES string of the molecule is Cc1ccc(C(C)NC(=O)c2c(-n3cccc3)sc3c2CCSC3)o1. The van der Waals surface area contributed by atoms with Crippen LogP contribution in [0.5, 0.6) is 0 Å². The van der Waals surface area contributed by atoms with Gasteiger partial charge in [0.15, 0.2) is 0 Å². The summed E-state index contributed by atoms with van der Waals surface area (Å²) < 4.78 is 7.70. The summed E-state index contributed by atoms with van der Waals surface area (Å²) in [5, 5.41) is 4.13. The summed E-state index contributed by atoms with van der Waals surface area (Å²) in [5.41, 5.74) is 2.04. The van der Waals surface area contributed by atoms with Crippen molar-refractivity contribution in [3.05, 3.63) is 64.2 Å². The number of hydrogen-bond acceptors (Lipinski definition) is 4. The molecule has 6 heteroatoms. The third-order valence-electron chi connectivity index (χ3n) is 4.40. The second-order valence-corrected chi connectivity index (χ2v) is 8.41. The van der Waals surface area contributed by atoms with E-state index < -0.39 is 0 Å². The highest BCUT2D eigenvalue weighted by Gasteiger charge is 2.27. The Bertz CT molecular complexity index is 893. The lowest BCUT2D eigenvalue weighted by Crippen LogP contribution is -2.28. The van der Waals surface area contributed by atoms with Gasteiger partial charge in [-0.05, 0) is 55.9 Å². The number of hydrogen-bond donors (Lipinski definition) is 1. The van der Waals surface area contributed by atoms with Gasteiger partial charge in [-0.1, -0.05) is 0 Å². The van der Waals surface area contributed by atoms with Gasteiger partial charge < -0.3 is 14.3 Å². The monoisotopic (exact) mass is 372 g/mol. The van der Waals surface area contributed by atoms with Crippen LogP contribution >= 0.6 is 23.1 Å². The highest BCUT2D eigenvalue weighted by atomic mass is 32.2. The summed E-state index contributed by atoms with van der Waals surface area (Å²) in [6.45, 7) is 3.87. The van der Waals surface area contributed by atoms with Crippen molar-refractivity contribution in [2.24, 2.45) is 0 Å². The number of thiophene rings is 1. The molecule has 0 fully saturated rings. The van der Waals surface area contributed by atoms with Gasteiger partial charge in [0.25, 0.3) is 5.91 Å². The smallest absolute Gasteiger partial charge is 0.255 e. The van der Waals surface area contributed by atoms with Crippen molar-refractivity contribution in [1.29, 1.82) is 0 Å². The van der Waals surface area contributed by atoms with Crippen molar-refractivity contribution >= 4 is 29.0 Å². The van der Waals surface area contributed by atoms with Crippen LogP contribution in [0.25, 0.3) is 5.00 Å². The minimum Gasteiger partial charge on any atom is -0.464 e. The fourth-order valence-corrected chi connectivity index (χ4v) is 5.57. The van der Waals surface area contributed by atoms with Gasteiger partial charge in [-0.3, -0.25) is 4.79 Å². The molecule has 3 aromatic heterocycles. The fraction of sp³-hybridized carbons (Fsp3) is 0.316. The van der Waals surface area contributed by atoms with Gasteiger partial charge >= 0.3 is 0 Å². The number of carbonyl (C=O) groups is 1.